The molecule has 0 aliphatic heterocycles. The van der Waals surface area contributed by atoms with Crippen LogP contribution in [0.25, 0.3) is 0 Å². The van der Waals surface area contributed by atoms with E-state index in [1.165, 1.54) is 26.1 Å². The molecule has 0 spiro atoms. The van der Waals surface area contributed by atoms with Gasteiger partial charge in [-0.25, -0.2) is 12.8 Å². The van der Waals surface area contributed by atoms with E-state index < -0.39 is 15.8 Å². The highest BCUT2D eigenvalue weighted by atomic mass is 32.2. The Balaban J connectivity index is 3.41. The van der Waals surface area contributed by atoms with Crippen LogP contribution in [0.15, 0.2) is 17.0 Å². The first kappa shape index (κ1) is 14.6. The fourth-order valence-electron chi connectivity index (χ4n) is 1.47. The van der Waals surface area contributed by atoms with Crippen LogP contribution in [0, 0.1) is 25.1 Å². The van der Waals surface area contributed by atoms with Crippen molar-refractivity contribution in [2.24, 2.45) is 5.73 Å². The van der Waals surface area contributed by atoms with E-state index in [1.54, 1.807) is 0 Å². The minimum absolute atomic E-state index is 0.0658. The van der Waals surface area contributed by atoms with Crippen molar-refractivity contribution < 1.29 is 12.8 Å². The maximum atomic E-state index is 13.6. The minimum atomic E-state index is -3.79. The summed E-state index contributed by atoms with van der Waals surface area (Å²) in [5, 5.41) is 0. The van der Waals surface area contributed by atoms with Crippen molar-refractivity contribution in [1.29, 1.82) is 0 Å². The molecule has 0 aromatic heterocycles. The number of terminal acetylenes is 1. The smallest absolute Gasteiger partial charge is 0.244 e. The van der Waals surface area contributed by atoms with E-state index in [4.69, 9.17) is 12.2 Å². The molecule has 0 amide bonds. The van der Waals surface area contributed by atoms with Crippen molar-refractivity contribution in [3.8, 4) is 12.3 Å². The molecule has 0 saturated heterocycles. The summed E-state index contributed by atoms with van der Waals surface area (Å²) in [5.74, 6) is 1.64. The second-order valence-corrected chi connectivity index (χ2v) is 5.88. The zero-order valence-corrected chi connectivity index (χ0v) is 11.1. The second-order valence-electron chi connectivity index (χ2n) is 3.87. The summed E-state index contributed by atoms with van der Waals surface area (Å²) >= 11 is 0. The maximum absolute atomic E-state index is 13.6. The second kappa shape index (κ2) is 5.48. The van der Waals surface area contributed by atoms with E-state index in [9.17, 15) is 12.8 Å². The third-order valence-electron chi connectivity index (χ3n) is 2.59. The summed E-state index contributed by atoms with van der Waals surface area (Å²) in [7, 11) is -2.44. The number of nitrogens with two attached hydrogens (primary N) is 1. The summed E-state index contributed by atoms with van der Waals surface area (Å²) in [5.41, 5.74) is 5.90. The fraction of sp³-hybridized carbons (Fsp3) is 0.333. The van der Waals surface area contributed by atoms with Gasteiger partial charge in [0.05, 0.1) is 11.4 Å². The number of rotatable bonds is 4. The molecule has 0 fully saturated rings. The van der Waals surface area contributed by atoms with E-state index in [0.717, 1.165) is 4.31 Å². The van der Waals surface area contributed by atoms with Crippen molar-refractivity contribution in [1.82, 2.24) is 4.31 Å². The Morgan fingerprint density at radius 2 is 2.11 bits per heavy atom. The molecule has 98 valence electrons. The van der Waals surface area contributed by atoms with E-state index in [1.807, 2.05) is 0 Å². The summed E-state index contributed by atoms with van der Waals surface area (Å²) in [6, 6.07) is 2.61. The Morgan fingerprint density at radius 1 is 1.50 bits per heavy atom. The molecule has 2 N–H and O–H groups in total. The first-order valence-electron chi connectivity index (χ1n) is 5.23. The molecule has 0 aliphatic rings. The molecule has 1 aromatic rings. The minimum Gasteiger partial charge on any atom is -0.326 e. The Labute approximate surface area is 107 Å². The lowest BCUT2D eigenvalue weighted by atomic mass is 10.1. The van der Waals surface area contributed by atoms with Gasteiger partial charge in [0.1, 0.15) is 5.82 Å². The SMILES string of the molecule is C#CCN(C)S(=O)(=O)c1cc(CN)cc(F)c1C. The van der Waals surface area contributed by atoms with Gasteiger partial charge in [-0.1, -0.05) is 5.92 Å². The maximum Gasteiger partial charge on any atom is 0.244 e. The lowest BCUT2D eigenvalue weighted by molar-refractivity contribution is 0.500. The molecule has 0 saturated carbocycles. The van der Waals surface area contributed by atoms with Gasteiger partial charge in [0.25, 0.3) is 0 Å². The summed E-state index contributed by atoms with van der Waals surface area (Å²) < 4.78 is 39.0. The van der Waals surface area contributed by atoms with Crippen LogP contribution in [0.5, 0.6) is 0 Å². The largest absolute Gasteiger partial charge is 0.326 e. The fourth-order valence-corrected chi connectivity index (χ4v) is 2.84. The first-order valence-corrected chi connectivity index (χ1v) is 6.67. The van der Waals surface area contributed by atoms with Crippen LogP contribution < -0.4 is 5.73 Å². The third-order valence-corrected chi connectivity index (χ3v) is 4.52. The average molecular weight is 270 g/mol. The van der Waals surface area contributed by atoms with Crippen LogP contribution in [0.4, 0.5) is 4.39 Å². The normalized spacial score (nSPS) is 11.6. The van der Waals surface area contributed by atoms with Gasteiger partial charge in [0.2, 0.25) is 10.0 Å². The Kier molecular flexibility index (Phi) is 4.46. The number of hydrogen-bond acceptors (Lipinski definition) is 3. The predicted molar refractivity (Wildman–Crippen MR) is 67.7 cm³/mol. The molecule has 6 heteroatoms. The first-order chi connectivity index (χ1) is 8.34. The molecule has 0 atom stereocenters. The van der Waals surface area contributed by atoms with Gasteiger partial charge in [0.15, 0.2) is 0 Å². The Morgan fingerprint density at radius 3 is 2.61 bits per heavy atom. The van der Waals surface area contributed by atoms with E-state index in [2.05, 4.69) is 5.92 Å². The van der Waals surface area contributed by atoms with Crippen LogP contribution in [0.1, 0.15) is 11.1 Å². The lowest BCUT2D eigenvalue weighted by Crippen LogP contribution is -2.28. The molecule has 1 rings (SSSR count). The van der Waals surface area contributed by atoms with E-state index in [-0.39, 0.29) is 23.5 Å². The summed E-state index contributed by atoms with van der Waals surface area (Å²) in [6.45, 7) is 1.40. The monoisotopic (exact) mass is 270 g/mol. The molecular formula is C12H15FN2O2S. The van der Waals surface area contributed by atoms with Crippen molar-refractivity contribution in [2.45, 2.75) is 18.4 Å². The van der Waals surface area contributed by atoms with Gasteiger partial charge in [-0.3, -0.25) is 0 Å². The van der Waals surface area contributed by atoms with Gasteiger partial charge >= 0.3 is 0 Å². The quantitative estimate of drug-likeness (QED) is 0.825. The van der Waals surface area contributed by atoms with Crippen LogP contribution in [-0.4, -0.2) is 26.3 Å². The van der Waals surface area contributed by atoms with Crippen molar-refractivity contribution >= 4 is 10.0 Å². The third kappa shape index (κ3) is 2.70. The van der Waals surface area contributed by atoms with Crippen molar-refractivity contribution in [3.05, 3.63) is 29.1 Å². The van der Waals surface area contributed by atoms with Crippen molar-refractivity contribution in [3.63, 3.8) is 0 Å². The van der Waals surface area contributed by atoms with Gasteiger partial charge in [-0.05, 0) is 24.6 Å². The highest BCUT2D eigenvalue weighted by molar-refractivity contribution is 7.89. The van der Waals surface area contributed by atoms with Crippen LogP contribution >= 0.6 is 0 Å². The van der Waals surface area contributed by atoms with Crippen LogP contribution in [-0.2, 0) is 16.6 Å². The predicted octanol–water partition coefficient (Wildman–Crippen LogP) is 0.847. The molecule has 0 radical (unpaired) electrons. The lowest BCUT2D eigenvalue weighted by Gasteiger charge is -2.17. The molecule has 0 bridgehead atoms. The van der Waals surface area contributed by atoms with Gasteiger partial charge < -0.3 is 5.73 Å². The average Bonchev–Trinajstić information content (AvgIpc) is 2.32. The van der Waals surface area contributed by atoms with Gasteiger partial charge in [-0.2, -0.15) is 4.31 Å². The number of benzene rings is 1. The number of nitrogens with zero attached hydrogens (tertiary/aromatic N) is 1. The molecule has 18 heavy (non-hydrogen) atoms. The number of halogens is 1. The van der Waals surface area contributed by atoms with Gasteiger partial charge in [0, 0.05) is 19.2 Å². The van der Waals surface area contributed by atoms with Gasteiger partial charge in [-0.15, -0.1) is 6.42 Å². The highest BCUT2D eigenvalue weighted by Crippen LogP contribution is 2.23. The number of sulfonamides is 1. The molecule has 1 aromatic carbocycles. The molecular weight excluding hydrogens is 255 g/mol. The Bertz CT molecular complexity index is 591. The van der Waals surface area contributed by atoms with Crippen LogP contribution in [0.2, 0.25) is 0 Å². The van der Waals surface area contributed by atoms with Crippen LogP contribution in [0.3, 0.4) is 0 Å². The zero-order valence-electron chi connectivity index (χ0n) is 10.3. The molecule has 0 unspecified atom stereocenters. The summed E-state index contributed by atoms with van der Waals surface area (Å²) in [6.07, 6.45) is 5.08. The zero-order chi connectivity index (χ0) is 13.9. The Hall–Kier alpha value is -1.42. The van der Waals surface area contributed by atoms with E-state index >= 15 is 0 Å². The molecule has 4 nitrogen and oxygen atoms in total. The molecule has 0 heterocycles. The van der Waals surface area contributed by atoms with E-state index in [0.29, 0.717) is 5.56 Å². The summed E-state index contributed by atoms with van der Waals surface area (Å²) in [4.78, 5) is -0.0966. The highest BCUT2D eigenvalue weighted by Gasteiger charge is 2.24. The molecule has 0 aliphatic carbocycles. The topological polar surface area (TPSA) is 63.4 Å². The van der Waals surface area contributed by atoms with Crippen molar-refractivity contribution in [2.75, 3.05) is 13.6 Å². The number of hydrogen-bond donors (Lipinski definition) is 1. The standard InChI is InChI=1S/C12H15FN2O2S/c1-4-5-15(3)18(16,17)12-7-10(8-14)6-11(13)9(12)2/h1,6-7H,5,8,14H2,2-3H3.